The van der Waals surface area contributed by atoms with Crippen molar-refractivity contribution in [1.82, 2.24) is 0 Å². The molecule has 4 fully saturated rings. The third kappa shape index (κ3) is 2.41. The van der Waals surface area contributed by atoms with Crippen molar-refractivity contribution in [3.05, 3.63) is 0 Å². The third-order valence-electron chi connectivity index (χ3n) is 8.78. The van der Waals surface area contributed by atoms with Crippen LogP contribution < -0.4 is 0 Å². The van der Waals surface area contributed by atoms with E-state index in [-0.39, 0.29) is 22.9 Å². The van der Waals surface area contributed by atoms with Crippen LogP contribution in [-0.4, -0.2) is 33.4 Å². The van der Waals surface area contributed by atoms with Gasteiger partial charge in [0, 0.05) is 25.2 Å². The highest BCUT2D eigenvalue weighted by molar-refractivity contribution is 9.10. The van der Waals surface area contributed by atoms with Crippen molar-refractivity contribution in [3.63, 3.8) is 0 Å². The Kier molecular flexibility index (Phi) is 4.39. The minimum atomic E-state index is -0.467. The number of ketones is 1. The molecule has 0 heterocycles. The molecule has 26 heavy (non-hydrogen) atoms. The van der Waals surface area contributed by atoms with Crippen LogP contribution in [0.5, 0.6) is 0 Å². The molecule has 0 aromatic heterocycles. The first-order chi connectivity index (χ1) is 12.1. The average Bonchev–Trinajstić information content (AvgIpc) is 2.86. The van der Waals surface area contributed by atoms with Gasteiger partial charge in [-0.1, -0.05) is 29.8 Å². The van der Waals surface area contributed by atoms with Gasteiger partial charge in [0.25, 0.3) is 0 Å². The molecule has 5 heteroatoms. The van der Waals surface area contributed by atoms with E-state index in [0.29, 0.717) is 36.4 Å². The van der Waals surface area contributed by atoms with Gasteiger partial charge in [-0.2, -0.15) is 0 Å². The summed E-state index contributed by atoms with van der Waals surface area (Å²) in [6, 6.07) is 0. The molecule has 0 aliphatic heterocycles. The number of aliphatic hydroxyl groups is 1. The maximum Gasteiger partial charge on any atom is 0.302 e. The predicted octanol–water partition coefficient (Wildman–Crippen LogP) is 4.02. The number of hydrogen-bond donors (Lipinski definition) is 1. The monoisotopic (exact) mass is 426 g/mol. The van der Waals surface area contributed by atoms with Crippen LogP contribution in [0.4, 0.5) is 0 Å². The number of carbonyl (C=O) groups is 2. The largest absolute Gasteiger partial charge is 0.463 e. The summed E-state index contributed by atoms with van der Waals surface area (Å²) in [4.78, 5) is 24.0. The summed E-state index contributed by atoms with van der Waals surface area (Å²) in [6.07, 6.45) is 6.42. The molecule has 4 rings (SSSR count). The van der Waals surface area contributed by atoms with E-state index < -0.39 is 10.4 Å². The van der Waals surface area contributed by atoms with Gasteiger partial charge in [-0.15, -0.1) is 0 Å². The Hall–Kier alpha value is -0.420. The highest BCUT2D eigenvalue weighted by Crippen LogP contribution is 2.68. The molecule has 0 aromatic rings. The maximum absolute atomic E-state index is 12.5. The SMILES string of the molecule is CC(=O)OC1CC[C@]2(C)[C@H]3CC[C@]4(C)C(=O)CC[C@H]4[C@@H]3CC(O)C2(Br)C1. The second kappa shape index (κ2) is 6.04. The van der Waals surface area contributed by atoms with E-state index in [2.05, 4.69) is 29.8 Å². The average molecular weight is 427 g/mol. The number of ether oxygens (including phenoxy) is 1. The predicted molar refractivity (Wildman–Crippen MR) is 102 cm³/mol. The molecule has 4 aliphatic carbocycles. The fourth-order valence-corrected chi connectivity index (χ4v) is 8.34. The number of alkyl halides is 1. The first-order valence-corrected chi connectivity index (χ1v) is 11.0. The standard InChI is InChI=1S/C21H31BrO4/c1-12(23)26-13-6-9-20(3)16-7-8-19(2)15(4-5-17(19)24)14(16)10-18(25)21(20,22)11-13/h13-16,18,25H,4-11H2,1-3H3/t13?,14-,15-,16-,18?,19-,20+,21?/m0/s1. The lowest BCUT2D eigenvalue weighted by atomic mass is 9.44. The zero-order valence-electron chi connectivity index (χ0n) is 16.1. The van der Waals surface area contributed by atoms with Crippen LogP contribution in [0.1, 0.15) is 72.1 Å². The molecule has 0 amide bonds. The highest BCUT2D eigenvalue weighted by atomic mass is 79.9. The van der Waals surface area contributed by atoms with Crippen LogP contribution >= 0.6 is 15.9 Å². The Morgan fingerprint density at radius 2 is 1.92 bits per heavy atom. The van der Waals surface area contributed by atoms with E-state index in [4.69, 9.17) is 4.74 Å². The van der Waals surface area contributed by atoms with Crippen LogP contribution in [0.3, 0.4) is 0 Å². The second-order valence-corrected chi connectivity index (χ2v) is 11.2. The molecule has 0 saturated heterocycles. The summed E-state index contributed by atoms with van der Waals surface area (Å²) in [5.41, 5.74) is -0.197. The fraction of sp³-hybridized carbons (Fsp3) is 0.905. The lowest BCUT2D eigenvalue weighted by Gasteiger charge is -2.65. The van der Waals surface area contributed by atoms with Gasteiger partial charge in [0.15, 0.2) is 0 Å². The van der Waals surface area contributed by atoms with Crippen LogP contribution in [0, 0.1) is 28.6 Å². The molecule has 146 valence electrons. The number of carbonyl (C=O) groups excluding carboxylic acids is 2. The van der Waals surface area contributed by atoms with Gasteiger partial charge in [-0.05, 0) is 61.7 Å². The molecule has 4 aliphatic rings. The van der Waals surface area contributed by atoms with E-state index >= 15 is 0 Å². The number of rotatable bonds is 1. The minimum absolute atomic E-state index is 0.0288. The molecular formula is C21H31BrO4. The van der Waals surface area contributed by atoms with Gasteiger partial charge in [0.1, 0.15) is 11.9 Å². The zero-order chi connectivity index (χ0) is 18.9. The molecule has 0 radical (unpaired) electrons. The van der Waals surface area contributed by atoms with Crippen LogP contribution in [0.15, 0.2) is 0 Å². The van der Waals surface area contributed by atoms with E-state index in [1.807, 2.05) is 0 Å². The number of Topliss-reactive ketones (excluding diaryl/α,β-unsaturated/α-hetero) is 1. The Morgan fingerprint density at radius 3 is 2.62 bits per heavy atom. The first kappa shape index (κ1) is 18.9. The lowest BCUT2D eigenvalue weighted by molar-refractivity contribution is -0.168. The normalized spacial score (nSPS) is 53.4. The van der Waals surface area contributed by atoms with E-state index in [1.54, 1.807) is 0 Å². The molecule has 4 nitrogen and oxygen atoms in total. The molecule has 4 saturated carbocycles. The second-order valence-electron chi connectivity index (χ2n) is 9.80. The Bertz CT molecular complexity index is 636. The van der Waals surface area contributed by atoms with E-state index in [0.717, 1.165) is 38.5 Å². The summed E-state index contributed by atoms with van der Waals surface area (Å²) in [7, 11) is 0. The lowest BCUT2D eigenvalue weighted by Crippen LogP contribution is -2.66. The number of fused-ring (bicyclic) bond motifs is 5. The number of halogens is 1. The van der Waals surface area contributed by atoms with Crippen molar-refractivity contribution >= 4 is 27.7 Å². The molecular weight excluding hydrogens is 396 g/mol. The molecule has 1 N–H and O–H groups in total. The molecule has 8 atom stereocenters. The molecule has 0 aromatic carbocycles. The topological polar surface area (TPSA) is 63.6 Å². The number of hydrogen-bond acceptors (Lipinski definition) is 4. The third-order valence-corrected chi connectivity index (χ3v) is 10.5. The van der Waals surface area contributed by atoms with Crippen molar-refractivity contribution in [3.8, 4) is 0 Å². The Morgan fingerprint density at radius 1 is 1.19 bits per heavy atom. The van der Waals surface area contributed by atoms with Gasteiger partial charge in [-0.25, -0.2) is 0 Å². The summed E-state index contributed by atoms with van der Waals surface area (Å²) < 4.78 is 5.10. The summed E-state index contributed by atoms with van der Waals surface area (Å²) >= 11 is 3.98. The molecule has 0 bridgehead atoms. The van der Waals surface area contributed by atoms with Crippen molar-refractivity contribution in [2.75, 3.05) is 0 Å². The van der Waals surface area contributed by atoms with Gasteiger partial charge >= 0.3 is 5.97 Å². The summed E-state index contributed by atoms with van der Waals surface area (Å²) in [5.74, 6) is 1.57. The van der Waals surface area contributed by atoms with Crippen molar-refractivity contribution in [2.45, 2.75) is 88.7 Å². The Labute approximate surface area is 164 Å². The fourth-order valence-electron chi connectivity index (χ4n) is 7.30. The Balaban J connectivity index is 1.65. The van der Waals surface area contributed by atoms with Gasteiger partial charge < -0.3 is 9.84 Å². The van der Waals surface area contributed by atoms with Crippen molar-refractivity contribution < 1.29 is 19.4 Å². The quantitative estimate of drug-likeness (QED) is 0.507. The number of esters is 1. The van der Waals surface area contributed by atoms with Gasteiger partial charge in [0.2, 0.25) is 0 Å². The van der Waals surface area contributed by atoms with Crippen molar-refractivity contribution in [1.29, 1.82) is 0 Å². The van der Waals surface area contributed by atoms with Gasteiger partial charge in [0.05, 0.1) is 10.4 Å². The first-order valence-electron chi connectivity index (χ1n) is 10.2. The molecule has 0 spiro atoms. The van der Waals surface area contributed by atoms with E-state index in [9.17, 15) is 14.7 Å². The van der Waals surface area contributed by atoms with Crippen LogP contribution in [0.25, 0.3) is 0 Å². The zero-order valence-corrected chi connectivity index (χ0v) is 17.7. The van der Waals surface area contributed by atoms with Crippen LogP contribution in [-0.2, 0) is 14.3 Å². The van der Waals surface area contributed by atoms with Crippen molar-refractivity contribution in [2.24, 2.45) is 28.6 Å². The smallest absolute Gasteiger partial charge is 0.302 e. The summed E-state index contributed by atoms with van der Waals surface area (Å²) in [6.45, 7) is 5.96. The van der Waals surface area contributed by atoms with Gasteiger partial charge in [-0.3, -0.25) is 9.59 Å². The maximum atomic E-state index is 12.5. The number of aliphatic hydroxyl groups excluding tert-OH is 1. The highest BCUT2D eigenvalue weighted by Gasteiger charge is 2.67. The van der Waals surface area contributed by atoms with E-state index in [1.165, 1.54) is 6.92 Å². The summed E-state index contributed by atoms with van der Waals surface area (Å²) in [5, 5.41) is 11.2. The van der Waals surface area contributed by atoms with Crippen LogP contribution in [0.2, 0.25) is 0 Å². The molecule has 3 unspecified atom stereocenters. The minimum Gasteiger partial charge on any atom is -0.463 e.